The third-order valence-corrected chi connectivity index (χ3v) is 5.41. The third kappa shape index (κ3) is 5.54. The van der Waals surface area contributed by atoms with Crippen molar-refractivity contribution in [3.63, 3.8) is 0 Å². The predicted octanol–water partition coefficient (Wildman–Crippen LogP) is 2.64. The van der Waals surface area contributed by atoms with E-state index in [1.54, 1.807) is 16.9 Å². The molecule has 3 heterocycles. The molecule has 1 unspecified atom stereocenters. The summed E-state index contributed by atoms with van der Waals surface area (Å²) in [5.74, 6) is -0.263. The van der Waals surface area contributed by atoms with Gasteiger partial charge in [0.25, 0.3) is 0 Å². The highest BCUT2D eigenvalue weighted by Crippen LogP contribution is 2.24. The van der Waals surface area contributed by atoms with E-state index in [0.29, 0.717) is 34.9 Å². The van der Waals surface area contributed by atoms with Gasteiger partial charge in [-0.05, 0) is 28.7 Å². The number of aromatic nitrogens is 5. The summed E-state index contributed by atoms with van der Waals surface area (Å²) < 4.78 is 11.6. The molecule has 4 rings (SSSR count). The van der Waals surface area contributed by atoms with Crippen LogP contribution in [-0.4, -0.2) is 43.1 Å². The Morgan fingerprint density at radius 3 is 2.69 bits per heavy atom. The molecule has 0 bridgehead atoms. The minimum atomic E-state index is -0.812. The van der Waals surface area contributed by atoms with Crippen LogP contribution in [0.3, 0.4) is 0 Å². The van der Waals surface area contributed by atoms with Gasteiger partial charge in [-0.1, -0.05) is 44.2 Å². The second kappa shape index (κ2) is 10.2. The number of fused-ring (bicyclic) bond motifs is 1. The zero-order chi connectivity index (χ0) is 24.9. The largest absolute Gasteiger partial charge is 0.445 e. The third-order valence-electron chi connectivity index (χ3n) is 5.41. The molecule has 0 aliphatic carbocycles. The summed E-state index contributed by atoms with van der Waals surface area (Å²) in [7, 11) is 0. The van der Waals surface area contributed by atoms with E-state index in [0.717, 1.165) is 11.1 Å². The van der Waals surface area contributed by atoms with E-state index in [4.69, 9.17) is 15.1 Å². The lowest BCUT2D eigenvalue weighted by atomic mass is 10.0. The molecule has 0 fully saturated rings. The fourth-order valence-electron chi connectivity index (χ4n) is 3.50. The Hall–Kier alpha value is -4.48. The van der Waals surface area contributed by atoms with Gasteiger partial charge >= 0.3 is 6.09 Å². The number of hydrogen-bond acceptors (Lipinski definition) is 9. The lowest BCUT2D eigenvalue weighted by molar-refractivity contribution is -0.119. The van der Waals surface area contributed by atoms with Gasteiger partial charge in [0.1, 0.15) is 12.6 Å². The Morgan fingerprint density at radius 2 is 1.94 bits per heavy atom. The van der Waals surface area contributed by atoms with Crippen LogP contribution in [0.2, 0.25) is 0 Å². The van der Waals surface area contributed by atoms with Crippen LogP contribution in [0.15, 0.2) is 47.2 Å². The fourth-order valence-corrected chi connectivity index (χ4v) is 3.50. The van der Waals surface area contributed by atoms with Crippen molar-refractivity contribution in [2.75, 3.05) is 11.1 Å². The number of pyridine rings is 1. The van der Waals surface area contributed by atoms with Crippen LogP contribution in [0.25, 0.3) is 11.2 Å². The number of alkyl carbamates (subject to hydrolysis) is 1. The maximum Gasteiger partial charge on any atom is 0.408 e. The van der Waals surface area contributed by atoms with Gasteiger partial charge in [-0.25, -0.2) is 14.4 Å². The number of rotatable bonds is 8. The molecule has 4 N–H and O–H groups in total. The summed E-state index contributed by atoms with van der Waals surface area (Å²) in [6.45, 7) is 5.88. The molecule has 1 aromatic carbocycles. The highest BCUT2D eigenvalue weighted by Gasteiger charge is 2.25. The topological polar surface area (TPSA) is 163 Å². The van der Waals surface area contributed by atoms with Gasteiger partial charge in [0.15, 0.2) is 11.3 Å². The van der Waals surface area contributed by atoms with E-state index in [1.807, 2.05) is 51.1 Å². The van der Waals surface area contributed by atoms with Crippen LogP contribution in [0.5, 0.6) is 0 Å². The molecule has 0 saturated carbocycles. The molecule has 182 valence electrons. The quantitative estimate of drug-likeness (QED) is 0.345. The minimum Gasteiger partial charge on any atom is -0.445 e. The van der Waals surface area contributed by atoms with Gasteiger partial charge in [0.05, 0.1) is 12.2 Å². The first kappa shape index (κ1) is 23.7. The van der Waals surface area contributed by atoms with Gasteiger partial charge in [-0.3, -0.25) is 9.48 Å². The molecule has 0 aliphatic heterocycles. The van der Waals surface area contributed by atoms with Crippen LogP contribution < -0.4 is 16.4 Å². The smallest absolute Gasteiger partial charge is 0.408 e. The maximum absolute atomic E-state index is 12.9. The number of nitrogens with one attached hydrogen (secondary N) is 2. The van der Waals surface area contributed by atoms with Crippen LogP contribution in [0.4, 0.5) is 16.3 Å². The highest BCUT2D eigenvalue weighted by atomic mass is 16.6. The first-order valence-electron chi connectivity index (χ1n) is 11.0. The molecule has 0 radical (unpaired) electrons. The Bertz CT molecular complexity index is 1330. The van der Waals surface area contributed by atoms with E-state index in [-0.39, 0.29) is 12.5 Å². The number of benzene rings is 1. The number of anilines is 2. The van der Waals surface area contributed by atoms with E-state index in [9.17, 15) is 9.59 Å². The first-order valence-corrected chi connectivity index (χ1v) is 11.0. The zero-order valence-corrected chi connectivity index (χ0v) is 19.6. The second-order valence-corrected chi connectivity index (χ2v) is 8.34. The fraction of sp³-hybridized carbons (Fsp3) is 0.304. The lowest BCUT2D eigenvalue weighted by Crippen LogP contribution is -2.47. The molecular weight excluding hydrogens is 452 g/mol. The van der Waals surface area contributed by atoms with Crippen LogP contribution in [0.1, 0.15) is 30.7 Å². The lowest BCUT2D eigenvalue weighted by Gasteiger charge is -2.20. The molecule has 2 amide bonds. The number of carbonyl (C=O) groups excluding carboxylic acids is 2. The average molecular weight is 479 g/mol. The number of nitrogen functional groups attached to an aromatic ring is 1. The number of aryl methyl sites for hydroxylation is 1. The van der Waals surface area contributed by atoms with Crippen molar-refractivity contribution >= 4 is 34.7 Å². The van der Waals surface area contributed by atoms with Crippen molar-refractivity contribution in [3.8, 4) is 0 Å². The maximum atomic E-state index is 12.9. The molecule has 0 aliphatic rings. The Kier molecular flexibility index (Phi) is 6.90. The molecule has 0 spiro atoms. The number of nitrogens with zero attached hydrogens (tertiary/aromatic N) is 5. The van der Waals surface area contributed by atoms with Crippen molar-refractivity contribution < 1.29 is 19.0 Å². The van der Waals surface area contributed by atoms with Crippen molar-refractivity contribution in [1.29, 1.82) is 0 Å². The van der Waals surface area contributed by atoms with Gasteiger partial charge in [0.2, 0.25) is 11.6 Å². The van der Waals surface area contributed by atoms with E-state index >= 15 is 0 Å². The molecule has 12 heteroatoms. The van der Waals surface area contributed by atoms with Gasteiger partial charge in [0, 0.05) is 23.5 Å². The van der Waals surface area contributed by atoms with Gasteiger partial charge in [-0.2, -0.15) is 5.10 Å². The summed E-state index contributed by atoms with van der Waals surface area (Å²) in [4.78, 5) is 29.5. The average Bonchev–Trinajstić information content (AvgIpc) is 3.48. The van der Waals surface area contributed by atoms with E-state index in [1.165, 1.54) is 0 Å². The Balaban J connectivity index is 1.38. The first-order chi connectivity index (χ1) is 16.8. The molecule has 35 heavy (non-hydrogen) atoms. The van der Waals surface area contributed by atoms with Crippen molar-refractivity contribution in [3.05, 3.63) is 59.4 Å². The standard InChI is InChI=1S/C23H26N8O4/c1-13(2)19(27-23(33)34-12-15-7-5-4-6-8-15)22(32)26-17-9-10-31(28-17)11-16-14(3)25-21-20(18(16)24)29-35-30-21/h4-10,13,19H,11-12,24H2,1-3H3,(H,27,33)(H,26,28,32). The van der Waals surface area contributed by atoms with Crippen LogP contribution >= 0.6 is 0 Å². The second-order valence-electron chi connectivity index (χ2n) is 8.34. The Morgan fingerprint density at radius 1 is 1.17 bits per heavy atom. The van der Waals surface area contributed by atoms with Crippen molar-refractivity contribution in [2.45, 2.75) is 40.0 Å². The molecule has 12 nitrogen and oxygen atoms in total. The van der Waals surface area contributed by atoms with Crippen LogP contribution in [0, 0.1) is 12.8 Å². The summed E-state index contributed by atoms with van der Waals surface area (Å²) in [6.07, 6.45) is 1.02. The van der Waals surface area contributed by atoms with Crippen molar-refractivity contribution in [1.82, 2.24) is 30.4 Å². The SMILES string of the molecule is Cc1nc2nonc2c(N)c1Cn1ccc(NC(=O)C(NC(=O)OCc2ccccc2)C(C)C)n1. The van der Waals surface area contributed by atoms with E-state index in [2.05, 4.69) is 31.0 Å². The molecular formula is C23H26N8O4. The molecule has 1 atom stereocenters. The number of amides is 2. The van der Waals surface area contributed by atoms with Crippen molar-refractivity contribution in [2.24, 2.45) is 5.92 Å². The summed E-state index contributed by atoms with van der Waals surface area (Å²) in [6, 6.07) is 10.1. The predicted molar refractivity (Wildman–Crippen MR) is 127 cm³/mol. The van der Waals surface area contributed by atoms with Crippen LogP contribution in [-0.2, 0) is 22.7 Å². The summed E-state index contributed by atoms with van der Waals surface area (Å²) in [5, 5.41) is 17.3. The van der Waals surface area contributed by atoms with Gasteiger partial charge < -0.3 is 21.1 Å². The normalized spacial score (nSPS) is 12.0. The molecule has 0 saturated heterocycles. The number of ether oxygens (including phenoxy) is 1. The Labute approximate surface area is 200 Å². The molecule has 3 aromatic heterocycles. The number of carbonyl (C=O) groups is 2. The number of hydrogen-bond donors (Lipinski definition) is 3. The van der Waals surface area contributed by atoms with Gasteiger partial charge in [-0.15, -0.1) is 0 Å². The van der Waals surface area contributed by atoms with E-state index < -0.39 is 18.0 Å². The summed E-state index contributed by atoms with van der Waals surface area (Å²) in [5.41, 5.74) is 9.59. The minimum absolute atomic E-state index is 0.108. The number of nitrogens with two attached hydrogens (primary N) is 1. The zero-order valence-electron chi connectivity index (χ0n) is 19.6. The molecule has 4 aromatic rings. The monoisotopic (exact) mass is 478 g/mol. The highest BCUT2D eigenvalue weighted by molar-refractivity contribution is 5.96. The summed E-state index contributed by atoms with van der Waals surface area (Å²) >= 11 is 0.